The Hall–Kier alpha value is -1.83. The van der Waals surface area contributed by atoms with E-state index in [1.807, 2.05) is 31.2 Å². The molecule has 29 heavy (non-hydrogen) atoms. The molecule has 7 heteroatoms. The lowest BCUT2D eigenvalue weighted by Crippen LogP contribution is -2.56. The van der Waals surface area contributed by atoms with E-state index in [9.17, 15) is 0 Å². The van der Waals surface area contributed by atoms with Crippen LogP contribution in [0.25, 0.3) is 0 Å². The number of rotatable bonds is 11. The van der Waals surface area contributed by atoms with Crippen molar-refractivity contribution in [3.63, 3.8) is 0 Å². The van der Waals surface area contributed by atoms with E-state index in [0.29, 0.717) is 6.54 Å². The molecule has 0 unspecified atom stereocenters. The number of hydrogen-bond donors (Lipinski definition) is 2. The van der Waals surface area contributed by atoms with Gasteiger partial charge in [-0.2, -0.15) is 0 Å². The summed E-state index contributed by atoms with van der Waals surface area (Å²) >= 11 is 0. The molecule has 1 fully saturated rings. The fraction of sp³-hybridized carbons (Fsp3) is 0.682. The summed E-state index contributed by atoms with van der Waals surface area (Å²) in [6, 6.07) is 8.03. The zero-order valence-corrected chi connectivity index (χ0v) is 18.5. The Morgan fingerprint density at radius 1 is 1.17 bits per heavy atom. The number of morpholine rings is 1. The van der Waals surface area contributed by atoms with Crippen molar-refractivity contribution < 1.29 is 14.2 Å². The third-order valence-corrected chi connectivity index (χ3v) is 5.10. The number of aliphatic imine (C=N–C) groups is 1. The summed E-state index contributed by atoms with van der Waals surface area (Å²) in [5.74, 6) is 1.69. The lowest BCUT2D eigenvalue weighted by molar-refractivity contribution is -0.00834. The molecule has 2 N–H and O–H groups in total. The molecule has 1 heterocycles. The maximum atomic E-state index is 5.49. The predicted molar refractivity (Wildman–Crippen MR) is 118 cm³/mol. The Balaban J connectivity index is 1.93. The number of ether oxygens (including phenoxy) is 3. The number of guanidine groups is 1. The predicted octanol–water partition coefficient (Wildman–Crippen LogP) is 2.27. The van der Waals surface area contributed by atoms with Crippen LogP contribution in [0.5, 0.6) is 5.75 Å². The molecule has 0 bridgehead atoms. The Labute approximate surface area is 175 Å². The van der Waals surface area contributed by atoms with E-state index >= 15 is 0 Å². The summed E-state index contributed by atoms with van der Waals surface area (Å²) in [6.07, 6.45) is 0.948. The molecule has 164 valence electrons. The summed E-state index contributed by atoms with van der Waals surface area (Å²) in [7, 11) is 1.68. The van der Waals surface area contributed by atoms with E-state index < -0.39 is 0 Å². The average Bonchev–Trinajstić information content (AvgIpc) is 2.76. The van der Waals surface area contributed by atoms with Crippen molar-refractivity contribution in [1.82, 2.24) is 15.5 Å². The first-order valence-corrected chi connectivity index (χ1v) is 10.6. The molecule has 0 spiro atoms. The van der Waals surface area contributed by atoms with Gasteiger partial charge in [-0.1, -0.05) is 12.1 Å². The molecule has 0 amide bonds. The molecule has 1 saturated heterocycles. The van der Waals surface area contributed by atoms with Gasteiger partial charge in [0.25, 0.3) is 0 Å². The van der Waals surface area contributed by atoms with Gasteiger partial charge in [-0.25, -0.2) is 4.99 Å². The maximum absolute atomic E-state index is 5.49. The monoisotopic (exact) mass is 406 g/mol. The van der Waals surface area contributed by atoms with Crippen LogP contribution in [0.15, 0.2) is 29.3 Å². The highest BCUT2D eigenvalue weighted by atomic mass is 16.5. The fourth-order valence-corrected chi connectivity index (χ4v) is 3.18. The van der Waals surface area contributed by atoms with E-state index in [2.05, 4.69) is 29.4 Å². The van der Waals surface area contributed by atoms with Crippen molar-refractivity contribution in [2.75, 3.05) is 59.7 Å². The largest absolute Gasteiger partial charge is 0.497 e. The van der Waals surface area contributed by atoms with Crippen LogP contribution in [0, 0.1) is 0 Å². The maximum Gasteiger partial charge on any atom is 0.191 e. The highest BCUT2D eigenvalue weighted by Crippen LogP contribution is 2.15. The van der Waals surface area contributed by atoms with Crippen LogP contribution in [0.4, 0.5) is 0 Å². The van der Waals surface area contributed by atoms with E-state index in [4.69, 9.17) is 19.2 Å². The van der Waals surface area contributed by atoms with E-state index in [0.717, 1.165) is 76.3 Å². The summed E-state index contributed by atoms with van der Waals surface area (Å²) in [5.41, 5.74) is 1.17. The minimum absolute atomic E-state index is 0.0255. The summed E-state index contributed by atoms with van der Waals surface area (Å²) < 4.78 is 16.1. The van der Waals surface area contributed by atoms with E-state index in [1.165, 1.54) is 0 Å². The summed E-state index contributed by atoms with van der Waals surface area (Å²) in [4.78, 5) is 7.26. The molecule has 1 aromatic rings. The van der Waals surface area contributed by atoms with Crippen molar-refractivity contribution in [2.24, 2.45) is 4.99 Å². The van der Waals surface area contributed by atoms with Crippen LogP contribution in [0.1, 0.15) is 32.8 Å². The van der Waals surface area contributed by atoms with Gasteiger partial charge in [0.2, 0.25) is 0 Å². The van der Waals surface area contributed by atoms with Crippen LogP contribution in [-0.4, -0.2) is 76.1 Å². The molecule has 1 aliphatic rings. The first-order chi connectivity index (χ1) is 14.0. The molecule has 0 saturated carbocycles. The molecule has 0 atom stereocenters. The van der Waals surface area contributed by atoms with E-state index in [1.54, 1.807) is 7.11 Å². The second kappa shape index (κ2) is 12.7. The van der Waals surface area contributed by atoms with Crippen LogP contribution < -0.4 is 15.4 Å². The van der Waals surface area contributed by atoms with Crippen molar-refractivity contribution >= 4 is 5.96 Å². The van der Waals surface area contributed by atoms with E-state index in [-0.39, 0.29) is 5.54 Å². The van der Waals surface area contributed by atoms with Crippen molar-refractivity contribution in [1.29, 1.82) is 0 Å². The van der Waals surface area contributed by atoms with Gasteiger partial charge in [0.1, 0.15) is 5.75 Å². The molecule has 0 aromatic heterocycles. The molecular weight excluding hydrogens is 368 g/mol. The average molecular weight is 407 g/mol. The molecule has 1 aromatic carbocycles. The minimum atomic E-state index is 0.0255. The number of nitrogens with zero attached hydrogens (tertiary/aromatic N) is 2. The second-order valence-corrected chi connectivity index (χ2v) is 7.76. The zero-order valence-electron chi connectivity index (χ0n) is 18.5. The molecule has 2 rings (SSSR count). The van der Waals surface area contributed by atoms with Gasteiger partial charge in [-0.3, -0.25) is 4.90 Å². The van der Waals surface area contributed by atoms with Crippen molar-refractivity contribution in [3.8, 4) is 5.75 Å². The van der Waals surface area contributed by atoms with Crippen molar-refractivity contribution in [3.05, 3.63) is 29.8 Å². The smallest absolute Gasteiger partial charge is 0.191 e. The Morgan fingerprint density at radius 2 is 1.90 bits per heavy atom. The Kier molecular flexibility index (Phi) is 10.2. The lowest BCUT2D eigenvalue weighted by atomic mass is 10.0. The Morgan fingerprint density at radius 3 is 2.55 bits per heavy atom. The molecule has 1 aliphatic heterocycles. The summed E-state index contributed by atoms with van der Waals surface area (Å²) in [6.45, 7) is 13.9. The normalized spacial score (nSPS) is 15.9. The van der Waals surface area contributed by atoms with Crippen LogP contribution in [0.2, 0.25) is 0 Å². The highest BCUT2D eigenvalue weighted by molar-refractivity contribution is 5.79. The molecule has 0 radical (unpaired) electrons. The van der Waals surface area contributed by atoms with Gasteiger partial charge >= 0.3 is 0 Å². The number of methoxy groups -OCH3 is 1. The van der Waals surface area contributed by atoms with Gasteiger partial charge in [0, 0.05) is 44.9 Å². The second-order valence-electron chi connectivity index (χ2n) is 7.76. The molecule has 0 aliphatic carbocycles. The molecule has 7 nitrogen and oxygen atoms in total. The first kappa shape index (κ1) is 23.4. The van der Waals surface area contributed by atoms with Gasteiger partial charge in [-0.05, 0) is 44.9 Å². The highest BCUT2D eigenvalue weighted by Gasteiger charge is 2.28. The topological polar surface area (TPSA) is 67.3 Å². The van der Waals surface area contributed by atoms with Gasteiger partial charge < -0.3 is 24.8 Å². The first-order valence-electron chi connectivity index (χ1n) is 10.6. The number of nitrogens with one attached hydrogen (secondary N) is 2. The third-order valence-electron chi connectivity index (χ3n) is 5.10. The lowest BCUT2D eigenvalue weighted by Gasteiger charge is -2.41. The minimum Gasteiger partial charge on any atom is -0.497 e. The third kappa shape index (κ3) is 8.60. The Bertz CT molecular complexity index is 599. The SMILES string of the molecule is CCOCCCNC(=NCc1ccc(OC)cc1)NCC(C)(C)N1CCOCC1. The number of hydrogen-bond acceptors (Lipinski definition) is 5. The van der Waals surface area contributed by atoms with Crippen LogP contribution >= 0.6 is 0 Å². The van der Waals surface area contributed by atoms with Crippen LogP contribution in [0.3, 0.4) is 0 Å². The fourth-order valence-electron chi connectivity index (χ4n) is 3.18. The molecular formula is C22H38N4O3. The van der Waals surface area contributed by atoms with Gasteiger partial charge in [0.15, 0.2) is 5.96 Å². The standard InChI is InChI=1S/C22H38N4O3/c1-5-28-14-6-11-23-21(24-17-19-7-9-20(27-4)10-8-19)25-18-22(2,3)26-12-15-29-16-13-26/h7-10H,5-6,11-18H2,1-4H3,(H2,23,24,25). The van der Waals surface area contributed by atoms with Gasteiger partial charge in [-0.15, -0.1) is 0 Å². The quantitative estimate of drug-likeness (QED) is 0.334. The van der Waals surface area contributed by atoms with Crippen LogP contribution in [-0.2, 0) is 16.0 Å². The van der Waals surface area contributed by atoms with Gasteiger partial charge in [0.05, 0.1) is 26.9 Å². The zero-order chi connectivity index (χ0) is 21.0. The number of benzene rings is 1. The summed E-state index contributed by atoms with van der Waals surface area (Å²) in [5, 5.41) is 6.97. The van der Waals surface area contributed by atoms with Crippen molar-refractivity contribution in [2.45, 2.75) is 39.3 Å².